The van der Waals surface area contributed by atoms with Gasteiger partial charge in [0.1, 0.15) is 6.04 Å². The van der Waals surface area contributed by atoms with E-state index in [4.69, 9.17) is 0 Å². The van der Waals surface area contributed by atoms with Gasteiger partial charge in [0, 0.05) is 18.7 Å². The largest absolute Gasteiger partial charge is 0.325 e. The quantitative estimate of drug-likeness (QED) is 0.868. The summed E-state index contributed by atoms with van der Waals surface area (Å²) in [7, 11) is 0. The Kier molecular flexibility index (Phi) is 3.06. The lowest BCUT2D eigenvalue weighted by Gasteiger charge is -2.50. The highest BCUT2D eigenvalue weighted by atomic mass is 15.4. The standard InChI is InChI=1S/C18H20N2/c1-3-7-15(8-4-1)17-18(16-9-5-2-6-10-16)20-13-11-19(17)12-14-20/h1-10,17-18H,11-14H2/p+1. The number of hydrogen-bond acceptors (Lipinski definition) is 1. The molecule has 5 rings (SSSR count). The number of benzene rings is 2. The Labute approximate surface area is 120 Å². The van der Waals surface area contributed by atoms with Gasteiger partial charge in [-0.25, -0.2) is 0 Å². The SMILES string of the molecule is c1ccc(C2C(c3ccccc3)[NH+]3CCN2CC3)cc1. The maximum absolute atomic E-state index is 2.68. The van der Waals surface area contributed by atoms with Gasteiger partial charge in [0.15, 0.2) is 0 Å². The number of hydrogen-bond donors (Lipinski definition) is 1. The molecule has 0 saturated carbocycles. The molecule has 3 saturated heterocycles. The van der Waals surface area contributed by atoms with Crippen LogP contribution in [0, 0.1) is 0 Å². The Morgan fingerprint density at radius 1 is 0.750 bits per heavy atom. The van der Waals surface area contributed by atoms with Crippen LogP contribution in [-0.2, 0) is 0 Å². The third-order valence-corrected chi connectivity index (χ3v) is 4.89. The van der Waals surface area contributed by atoms with Crippen molar-refractivity contribution >= 4 is 0 Å². The predicted octanol–water partition coefficient (Wildman–Crippen LogP) is 1.68. The third kappa shape index (κ3) is 1.96. The highest BCUT2D eigenvalue weighted by Crippen LogP contribution is 2.35. The van der Waals surface area contributed by atoms with Gasteiger partial charge in [0.05, 0.1) is 19.1 Å². The summed E-state index contributed by atoms with van der Waals surface area (Å²) in [5.41, 5.74) is 2.96. The molecule has 2 aromatic carbocycles. The molecule has 0 spiro atoms. The Morgan fingerprint density at radius 2 is 1.30 bits per heavy atom. The summed E-state index contributed by atoms with van der Waals surface area (Å²) in [5, 5.41) is 0. The van der Waals surface area contributed by atoms with Gasteiger partial charge in [-0.05, 0) is 5.56 Å². The van der Waals surface area contributed by atoms with Crippen LogP contribution in [0.25, 0.3) is 0 Å². The molecule has 0 amide bonds. The zero-order valence-corrected chi connectivity index (χ0v) is 11.7. The van der Waals surface area contributed by atoms with Crippen LogP contribution in [0.2, 0.25) is 0 Å². The number of nitrogens with one attached hydrogen (secondary N) is 1. The van der Waals surface area contributed by atoms with Crippen molar-refractivity contribution in [3.05, 3.63) is 71.8 Å². The number of piperazine rings is 3. The van der Waals surface area contributed by atoms with E-state index in [0.717, 1.165) is 0 Å². The molecular weight excluding hydrogens is 244 g/mol. The molecule has 2 bridgehead atoms. The fourth-order valence-electron chi connectivity index (χ4n) is 3.97. The fourth-order valence-corrected chi connectivity index (χ4v) is 3.97. The van der Waals surface area contributed by atoms with Crippen LogP contribution < -0.4 is 4.90 Å². The summed E-state index contributed by atoms with van der Waals surface area (Å²) in [6.45, 7) is 5.03. The lowest BCUT2D eigenvalue weighted by Crippen LogP contribution is -3.18. The molecule has 1 N–H and O–H groups in total. The van der Waals surface area contributed by atoms with Crippen molar-refractivity contribution in [2.45, 2.75) is 12.1 Å². The minimum atomic E-state index is 0.538. The van der Waals surface area contributed by atoms with E-state index < -0.39 is 0 Å². The average Bonchev–Trinajstić information content (AvgIpc) is 2.57. The zero-order valence-electron chi connectivity index (χ0n) is 11.7. The lowest BCUT2D eigenvalue weighted by molar-refractivity contribution is -0.952. The highest BCUT2D eigenvalue weighted by Gasteiger charge is 2.45. The molecule has 2 nitrogen and oxygen atoms in total. The summed E-state index contributed by atoms with van der Waals surface area (Å²) in [6.07, 6.45) is 0. The molecule has 3 fully saturated rings. The first-order valence-corrected chi connectivity index (χ1v) is 7.62. The smallest absolute Gasteiger partial charge is 0.133 e. The molecule has 3 heterocycles. The van der Waals surface area contributed by atoms with E-state index in [1.165, 1.54) is 37.3 Å². The summed E-state index contributed by atoms with van der Waals surface area (Å²) in [6, 6.07) is 23.2. The van der Waals surface area contributed by atoms with Crippen molar-refractivity contribution in [3.63, 3.8) is 0 Å². The van der Waals surface area contributed by atoms with Gasteiger partial charge >= 0.3 is 0 Å². The molecule has 2 heteroatoms. The van der Waals surface area contributed by atoms with Crippen LogP contribution in [-0.4, -0.2) is 31.1 Å². The maximum atomic E-state index is 2.68. The molecule has 2 atom stereocenters. The molecule has 2 unspecified atom stereocenters. The van der Waals surface area contributed by atoms with Crippen molar-refractivity contribution < 1.29 is 4.90 Å². The van der Waals surface area contributed by atoms with Gasteiger partial charge < -0.3 is 4.90 Å². The summed E-state index contributed by atoms with van der Waals surface area (Å²) < 4.78 is 0. The Bertz CT molecular complexity index is 505. The minimum Gasteiger partial charge on any atom is -0.325 e. The summed E-state index contributed by atoms with van der Waals surface area (Å²) in [4.78, 5) is 4.44. The first-order valence-electron chi connectivity index (χ1n) is 7.62. The van der Waals surface area contributed by atoms with Gasteiger partial charge in [0.25, 0.3) is 0 Å². The van der Waals surface area contributed by atoms with Gasteiger partial charge in [0.2, 0.25) is 0 Å². The Hall–Kier alpha value is -1.64. The van der Waals surface area contributed by atoms with Crippen molar-refractivity contribution in [1.82, 2.24) is 4.90 Å². The minimum absolute atomic E-state index is 0.538. The second kappa shape index (κ2) is 5.04. The van der Waals surface area contributed by atoms with Crippen LogP contribution in [0.1, 0.15) is 23.2 Å². The van der Waals surface area contributed by atoms with E-state index in [-0.39, 0.29) is 0 Å². The first-order chi connectivity index (χ1) is 9.93. The molecule has 3 aliphatic heterocycles. The molecule has 0 radical (unpaired) electrons. The van der Waals surface area contributed by atoms with E-state index in [1.807, 2.05) is 0 Å². The zero-order chi connectivity index (χ0) is 13.4. The van der Waals surface area contributed by atoms with E-state index in [2.05, 4.69) is 65.6 Å². The van der Waals surface area contributed by atoms with Crippen LogP contribution in [0.4, 0.5) is 0 Å². The van der Waals surface area contributed by atoms with E-state index >= 15 is 0 Å². The van der Waals surface area contributed by atoms with Gasteiger partial charge in [-0.3, -0.25) is 4.90 Å². The second-order valence-corrected chi connectivity index (χ2v) is 5.94. The van der Waals surface area contributed by atoms with Gasteiger partial charge in [-0.1, -0.05) is 60.7 Å². The first kappa shape index (κ1) is 12.1. The monoisotopic (exact) mass is 265 g/mol. The van der Waals surface area contributed by atoms with Gasteiger partial charge in [-0.2, -0.15) is 0 Å². The number of nitrogens with zero attached hydrogens (tertiary/aromatic N) is 1. The van der Waals surface area contributed by atoms with Crippen molar-refractivity contribution in [1.29, 1.82) is 0 Å². The number of rotatable bonds is 2. The second-order valence-electron chi connectivity index (χ2n) is 5.94. The predicted molar refractivity (Wildman–Crippen MR) is 80.6 cm³/mol. The van der Waals surface area contributed by atoms with E-state index in [0.29, 0.717) is 12.1 Å². The molecule has 0 aliphatic carbocycles. The molecule has 0 aromatic heterocycles. The molecule has 2 aromatic rings. The molecular formula is C18H21N2+. The molecule has 102 valence electrons. The lowest BCUT2D eigenvalue weighted by atomic mass is 9.86. The Morgan fingerprint density at radius 3 is 1.90 bits per heavy atom. The topological polar surface area (TPSA) is 7.68 Å². The van der Waals surface area contributed by atoms with Crippen LogP contribution in [0.3, 0.4) is 0 Å². The van der Waals surface area contributed by atoms with Crippen molar-refractivity contribution in [2.24, 2.45) is 0 Å². The summed E-state index contributed by atoms with van der Waals surface area (Å²) in [5.74, 6) is 0. The highest BCUT2D eigenvalue weighted by molar-refractivity contribution is 5.27. The van der Waals surface area contributed by atoms with Gasteiger partial charge in [-0.15, -0.1) is 0 Å². The number of quaternary nitrogens is 1. The average molecular weight is 265 g/mol. The van der Waals surface area contributed by atoms with Crippen LogP contribution in [0.5, 0.6) is 0 Å². The van der Waals surface area contributed by atoms with E-state index in [1.54, 1.807) is 4.90 Å². The number of fused-ring (bicyclic) bond motifs is 3. The maximum Gasteiger partial charge on any atom is 0.133 e. The fraction of sp³-hybridized carbons (Fsp3) is 0.333. The molecule has 20 heavy (non-hydrogen) atoms. The summed E-state index contributed by atoms with van der Waals surface area (Å²) >= 11 is 0. The normalized spacial score (nSPS) is 32.2. The van der Waals surface area contributed by atoms with Crippen LogP contribution in [0.15, 0.2) is 60.7 Å². The van der Waals surface area contributed by atoms with E-state index in [9.17, 15) is 0 Å². The van der Waals surface area contributed by atoms with Crippen molar-refractivity contribution in [3.8, 4) is 0 Å². The molecule has 3 aliphatic rings. The Balaban J connectivity index is 1.77. The van der Waals surface area contributed by atoms with Crippen molar-refractivity contribution in [2.75, 3.05) is 26.2 Å². The third-order valence-electron chi connectivity index (χ3n) is 4.89. The van der Waals surface area contributed by atoms with Crippen LogP contribution >= 0.6 is 0 Å².